The largest absolute Gasteiger partial charge is 0.459 e. The number of hydrogen-bond donors (Lipinski definition) is 3. The van der Waals surface area contributed by atoms with E-state index in [4.69, 9.17) is 28.2 Å². The van der Waals surface area contributed by atoms with E-state index in [0.29, 0.717) is 21.7 Å². The molecule has 0 saturated heterocycles. The van der Waals surface area contributed by atoms with E-state index in [1.165, 1.54) is 30.5 Å². The number of hydrogen-bond acceptors (Lipinski definition) is 5. The molecule has 0 saturated carbocycles. The molecule has 0 amide bonds. The Morgan fingerprint density at radius 2 is 1.79 bits per heavy atom. The van der Waals surface area contributed by atoms with Crippen LogP contribution < -0.4 is 15.5 Å². The predicted octanol–water partition coefficient (Wildman–Crippen LogP) is 3.73. The number of nitrogens with one attached hydrogen (secondary N) is 3. The van der Waals surface area contributed by atoms with Gasteiger partial charge in [-0.3, -0.25) is 5.43 Å². The van der Waals surface area contributed by atoms with Crippen molar-refractivity contribution < 1.29 is 12.8 Å². The molecule has 1 aromatic heterocycles. The van der Waals surface area contributed by atoms with Crippen molar-refractivity contribution in [2.24, 2.45) is 5.10 Å². The SMILES string of the molecule is O=S(=O)(NCc1ccc(/C=N/NC(=S)Nc2ccccc2)o1)c1ccc(Cl)cc1. The van der Waals surface area contributed by atoms with Gasteiger partial charge in [-0.25, -0.2) is 13.1 Å². The Bertz CT molecular complexity index is 1100. The molecule has 0 bridgehead atoms. The molecular formula is C19H17ClN4O3S2. The van der Waals surface area contributed by atoms with Gasteiger partial charge in [-0.05, 0) is 60.7 Å². The van der Waals surface area contributed by atoms with E-state index in [0.717, 1.165) is 5.69 Å². The van der Waals surface area contributed by atoms with Crippen molar-refractivity contribution in [1.82, 2.24) is 10.1 Å². The van der Waals surface area contributed by atoms with E-state index in [1.54, 1.807) is 12.1 Å². The Kier molecular flexibility index (Phi) is 6.99. The summed E-state index contributed by atoms with van der Waals surface area (Å²) in [5.41, 5.74) is 3.52. The first kappa shape index (κ1) is 21.0. The van der Waals surface area contributed by atoms with Crippen LogP contribution in [0.1, 0.15) is 11.5 Å². The van der Waals surface area contributed by atoms with Crippen LogP contribution in [0.2, 0.25) is 5.02 Å². The van der Waals surface area contributed by atoms with Crippen molar-refractivity contribution in [2.45, 2.75) is 11.4 Å². The molecule has 2 aromatic carbocycles. The highest BCUT2D eigenvalue weighted by Gasteiger charge is 2.14. The summed E-state index contributed by atoms with van der Waals surface area (Å²) in [6, 6.07) is 18.7. The van der Waals surface area contributed by atoms with Gasteiger partial charge in [0.05, 0.1) is 17.7 Å². The molecule has 0 unspecified atom stereocenters. The molecular weight excluding hydrogens is 432 g/mol. The number of hydrazone groups is 1. The van der Waals surface area contributed by atoms with Crippen molar-refractivity contribution in [1.29, 1.82) is 0 Å². The maximum Gasteiger partial charge on any atom is 0.240 e. The van der Waals surface area contributed by atoms with Crippen LogP contribution in [-0.2, 0) is 16.6 Å². The fraction of sp³-hybridized carbons (Fsp3) is 0.0526. The number of nitrogens with zero attached hydrogens (tertiary/aromatic N) is 1. The molecule has 0 aliphatic rings. The van der Waals surface area contributed by atoms with E-state index in [2.05, 4.69) is 20.6 Å². The molecule has 0 spiro atoms. The van der Waals surface area contributed by atoms with Gasteiger partial charge in [0.25, 0.3) is 0 Å². The van der Waals surface area contributed by atoms with E-state index in [-0.39, 0.29) is 11.4 Å². The van der Waals surface area contributed by atoms with Crippen molar-refractivity contribution in [3.05, 3.63) is 83.3 Å². The molecule has 29 heavy (non-hydrogen) atoms. The number of thiocarbonyl (C=S) groups is 1. The summed E-state index contributed by atoms with van der Waals surface area (Å²) < 4.78 is 32.5. The molecule has 1 heterocycles. The normalized spacial score (nSPS) is 11.5. The van der Waals surface area contributed by atoms with E-state index < -0.39 is 10.0 Å². The number of furan rings is 1. The van der Waals surface area contributed by atoms with Gasteiger partial charge in [-0.2, -0.15) is 5.10 Å². The minimum Gasteiger partial charge on any atom is -0.459 e. The van der Waals surface area contributed by atoms with Crippen LogP contribution in [0.15, 0.2) is 81.1 Å². The Morgan fingerprint density at radius 3 is 2.52 bits per heavy atom. The zero-order valence-corrected chi connectivity index (χ0v) is 17.4. The maximum atomic E-state index is 12.3. The summed E-state index contributed by atoms with van der Waals surface area (Å²) >= 11 is 10.9. The Balaban J connectivity index is 1.50. The number of anilines is 1. The lowest BCUT2D eigenvalue weighted by atomic mass is 10.3. The quantitative estimate of drug-likeness (QED) is 0.289. The molecule has 0 fully saturated rings. The fourth-order valence-corrected chi connectivity index (χ4v) is 3.55. The third kappa shape index (κ3) is 6.40. The highest BCUT2D eigenvalue weighted by Crippen LogP contribution is 2.15. The van der Waals surface area contributed by atoms with Gasteiger partial charge in [-0.15, -0.1) is 0 Å². The molecule has 150 valence electrons. The molecule has 3 rings (SSSR count). The average Bonchev–Trinajstić information content (AvgIpc) is 3.15. The van der Waals surface area contributed by atoms with Crippen LogP contribution in [0.4, 0.5) is 5.69 Å². The van der Waals surface area contributed by atoms with Crippen LogP contribution in [0.25, 0.3) is 0 Å². The minimum atomic E-state index is -3.66. The molecule has 0 aliphatic carbocycles. The summed E-state index contributed by atoms with van der Waals surface area (Å²) in [6.07, 6.45) is 1.44. The number of sulfonamides is 1. The molecule has 0 aliphatic heterocycles. The van der Waals surface area contributed by atoms with E-state index >= 15 is 0 Å². The Hall–Kier alpha value is -2.72. The van der Waals surface area contributed by atoms with Crippen molar-refractivity contribution in [3.63, 3.8) is 0 Å². The molecule has 3 aromatic rings. The minimum absolute atomic E-state index is 0.000201. The van der Waals surface area contributed by atoms with Gasteiger partial charge < -0.3 is 9.73 Å². The standard InChI is InChI=1S/C19H17ClN4O3S2/c20-14-6-10-18(11-7-14)29(25,26)22-13-17-9-8-16(27-17)12-21-24-19(28)23-15-4-2-1-3-5-15/h1-12,22H,13H2,(H2,23,24,28)/b21-12+. The first-order valence-corrected chi connectivity index (χ1v) is 10.7. The lowest BCUT2D eigenvalue weighted by molar-refractivity contribution is 0.493. The summed E-state index contributed by atoms with van der Waals surface area (Å²) in [5.74, 6) is 0.884. The van der Waals surface area contributed by atoms with Gasteiger partial charge in [0, 0.05) is 10.7 Å². The molecule has 10 heteroatoms. The number of rotatable bonds is 7. The van der Waals surface area contributed by atoms with Gasteiger partial charge in [0.1, 0.15) is 11.5 Å². The third-order valence-corrected chi connectivity index (χ3v) is 5.49. The van der Waals surface area contributed by atoms with Crippen molar-refractivity contribution >= 4 is 50.9 Å². The molecule has 7 nitrogen and oxygen atoms in total. The third-order valence-electron chi connectivity index (χ3n) is 3.63. The second-order valence-corrected chi connectivity index (χ2v) is 8.38. The monoisotopic (exact) mass is 448 g/mol. The maximum absolute atomic E-state index is 12.3. The van der Waals surface area contributed by atoms with Crippen LogP contribution in [0.5, 0.6) is 0 Å². The van der Waals surface area contributed by atoms with Crippen LogP contribution in [0, 0.1) is 0 Å². The summed E-state index contributed by atoms with van der Waals surface area (Å²) in [6.45, 7) is 0.000201. The van der Waals surface area contributed by atoms with Crippen molar-refractivity contribution in [3.8, 4) is 0 Å². The Morgan fingerprint density at radius 1 is 1.07 bits per heavy atom. The molecule has 3 N–H and O–H groups in total. The molecule has 0 radical (unpaired) electrons. The number of benzene rings is 2. The second-order valence-electron chi connectivity index (χ2n) is 5.77. The number of para-hydroxylation sites is 1. The smallest absolute Gasteiger partial charge is 0.240 e. The van der Waals surface area contributed by atoms with Crippen LogP contribution >= 0.6 is 23.8 Å². The van der Waals surface area contributed by atoms with Crippen molar-refractivity contribution in [2.75, 3.05) is 5.32 Å². The number of halogens is 1. The second kappa shape index (κ2) is 9.66. The van der Waals surface area contributed by atoms with Crippen LogP contribution in [0.3, 0.4) is 0 Å². The van der Waals surface area contributed by atoms with E-state index in [9.17, 15) is 8.42 Å². The summed E-state index contributed by atoms with van der Waals surface area (Å²) in [7, 11) is -3.66. The summed E-state index contributed by atoms with van der Waals surface area (Å²) in [4.78, 5) is 0.124. The highest BCUT2D eigenvalue weighted by atomic mass is 35.5. The predicted molar refractivity (Wildman–Crippen MR) is 118 cm³/mol. The lowest BCUT2D eigenvalue weighted by Gasteiger charge is -2.06. The van der Waals surface area contributed by atoms with Crippen LogP contribution in [-0.4, -0.2) is 19.7 Å². The average molecular weight is 449 g/mol. The lowest BCUT2D eigenvalue weighted by Crippen LogP contribution is -2.23. The first-order chi connectivity index (χ1) is 13.9. The van der Waals surface area contributed by atoms with Gasteiger partial charge in [0.15, 0.2) is 5.11 Å². The molecule has 0 atom stereocenters. The van der Waals surface area contributed by atoms with Gasteiger partial charge in [0.2, 0.25) is 10.0 Å². The Labute approximate surface area is 178 Å². The fourth-order valence-electron chi connectivity index (χ4n) is 2.26. The zero-order chi connectivity index (χ0) is 20.7. The first-order valence-electron chi connectivity index (χ1n) is 8.41. The highest BCUT2D eigenvalue weighted by molar-refractivity contribution is 7.89. The zero-order valence-electron chi connectivity index (χ0n) is 15.0. The van der Waals surface area contributed by atoms with Gasteiger partial charge in [-0.1, -0.05) is 29.8 Å². The van der Waals surface area contributed by atoms with E-state index in [1.807, 2.05) is 30.3 Å². The topological polar surface area (TPSA) is 95.7 Å². The summed E-state index contributed by atoms with van der Waals surface area (Å²) in [5, 5.41) is 7.76. The van der Waals surface area contributed by atoms with Gasteiger partial charge >= 0.3 is 0 Å².